The van der Waals surface area contributed by atoms with Gasteiger partial charge in [-0.3, -0.25) is 0 Å². The van der Waals surface area contributed by atoms with E-state index in [1.165, 1.54) is 63.4 Å². The fraction of sp³-hybridized carbons (Fsp3) is 0.639. The number of hydrogen-bond acceptors (Lipinski definition) is 6. The molecule has 42 heavy (non-hydrogen) atoms. The smallest absolute Gasteiger partial charge is 0.168 e. The minimum absolute atomic E-state index is 0.134. The predicted molar refractivity (Wildman–Crippen MR) is 170 cm³/mol. The summed E-state index contributed by atoms with van der Waals surface area (Å²) in [6.45, 7) is 2.84. The van der Waals surface area contributed by atoms with Gasteiger partial charge in [0, 0.05) is 19.0 Å². The van der Waals surface area contributed by atoms with E-state index in [0.29, 0.717) is 6.61 Å². The maximum atomic E-state index is 10.7. The van der Waals surface area contributed by atoms with Crippen LogP contribution in [-0.2, 0) is 23.1 Å². The number of nitrogens with zero attached hydrogens (tertiary/aromatic N) is 3. The van der Waals surface area contributed by atoms with Crippen LogP contribution in [0.5, 0.6) is 11.5 Å². The van der Waals surface area contributed by atoms with Crippen molar-refractivity contribution in [3.63, 3.8) is 0 Å². The molecule has 2 atom stereocenters. The second kappa shape index (κ2) is 19.3. The van der Waals surface area contributed by atoms with Gasteiger partial charge < -0.3 is 9.62 Å². The third-order valence-corrected chi connectivity index (χ3v) is 8.71. The van der Waals surface area contributed by atoms with E-state index >= 15 is 0 Å². The molecule has 0 spiro atoms. The molecule has 0 amide bonds. The summed E-state index contributed by atoms with van der Waals surface area (Å²) in [6, 6.07) is 17.5. The minimum atomic E-state index is -0.545. The summed E-state index contributed by atoms with van der Waals surface area (Å²) in [6.07, 6.45) is 19.1. The molecule has 230 valence electrons. The first-order chi connectivity index (χ1) is 20.6. The van der Waals surface area contributed by atoms with Gasteiger partial charge in [0.1, 0.15) is 5.75 Å². The summed E-state index contributed by atoms with van der Waals surface area (Å²) in [4.78, 5) is 10.8. The number of benzene rings is 2. The van der Waals surface area contributed by atoms with Crippen LogP contribution in [0.15, 0.2) is 52.7 Å². The van der Waals surface area contributed by atoms with Crippen molar-refractivity contribution in [2.24, 2.45) is 10.2 Å². The lowest BCUT2D eigenvalue weighted by molar-refractivity contribution is -0.215. The van der Waals surface area contributed by atoms with Crippen LogP contribution in [0.4, 0.5) is 0 Å². The summed E-state index contributed by atoms with van der Waals surface area (Å²) in [5, 5.41) is 19.4. The Labute approximate surface area is 254 Å². The van der Waals surface area contributed by atoms with Crippen LogP contribution in [-0.4, -0.2) is 26.8 Å². The van der Waals surface area contributed by atoms with E-state index in [2.05, 4.69) is 53.6 Å². The van der Waals surface area contributed by atoms with E-state index < -0.39 is 5.41 Å². The maximum Gasteiger partial charge on any atom is 0.168 e. The summed E-state index contributed by atoms with van der Waals surface area (Å²) < 4.78 is 5.39. The number of methoxy groups -OCH3 is 1. The Kier molecular flexibility index (Phi) is 15.4. The Bertz CT molecular complexity index is 1110. The molecular weight excluding hydrogens is 522 g/mol. The van der Waals surface area contributed by atoms with Crippen molar-refractivity contribution < 1.29 is 14.5 Å². The largest absolute Gasteiger partial charge is 0.497 e. The Balaban J connectivity index is 1.59. The van der Waals surface area contributed by atoms with Gasteiger partial charge in [-0.2, -0.15) is 20.4 Å². The van der Waals surface area contributed by atoms with E-state index in [1.807, 2.05) is 12.1 Å². The van der Waals surface area contributed by atoms with Gasteiger partial charge in [-0.1, -0.05) is 95.4 Å². The average molecular weight is 576 g/mol. The Morgan fingerprint density at radius 2 is 1.67 bits per heavy atom. The van der Waals surface area contributed by atoms with Crippen LogP contribution in [0.25, 0.3) is 0 Å². The van der Waals surface area contributed by atoms with Gasteiger partial charge in [0.25, 0.3) is 0 Å². The molecule has 0 aliphatic carbocycles. The molecule has 3 rings (SSSR count). The Morgan fingerprint density at radius 3 is 2.38 bits per heavy atom. The van der Waals surface area contributed by atoms with Crippen LogP contribution in [0.2, 0.25) is 0 Å². The van der Waals surface area contributed by atoms with Crippen molar-refractivity contribution in [2.75, 3.05) is 20.8 Å². The zero-order chi connectivity index (χ0) is 29.9. The van der Waals surface area contributed by atoms with Gasteiger partial charge in [0.15, 0.2) is 5.75 Å². The van der Waals surface area contributed by atoms with Crippen molar-refractivity contribution in [3.05, 3.63) is 59.2 Å². The average Bonchev–Trinajstić information content (AvgIpc) is 3.03. The molecule has 0 fully saturated rings. The normalized spacial score (nSPS) is 15.0. The highest BCUT2D eigenvalue weighted by molar-refractivity contribution is 5.43. The molecular formula is C36H53N3O3. The van der Waals surface area contributed by atoms with E-state index in [0.717, 1.165) is 74.0 Å². The molecule has 0 N–H and O–H groups in total. The quantitative estimate of drug-likeness (QED) is 0.0843. The van der Waals surface area contributed by atoms with Crippen molar-refractivity contribution in [2.45, 2.75) is 128 Å². The molecule has 1 aliphatic heterocycles. The molecule has 2 aromatic carbocycles. The fourth-order valence-corrected chi connectivity index (χ4v) is 6.12. The zero-order valence-corrected chi connectivity index (χ0v) is 26.4. The minimum Gasteiger partial charge on any atom is -0.497 e. The maximum absolute atomic E-state index is 10.7. The highest BCUT2D eigenvalue weighted by atomic mass is 17.2. The topological polar surface area (TPSA) is 76.2 Å². The lowest BCUT2D eigenvalue weighted by Crippen LogP contribution is -2.25. The summed E-state index contributed by atoms with van der Waals surface area (Å²) in [5.41, 5.74) is 2.90. The standard InChI is InChI=1S/C36H53N3O3/c1-4-5-6-7-8-9-10-11-12-13-24-36(29-37,32-21-20-31-23-26-41-42-35(31)28-32)25-15-17-33(39-38-2)22-19-30-16-14-18-34(27-30)40-3/h14,16,18,20-21,27-28,33H,4-13,15,17,19,22-26H2,1-3H3. The lowest BCUT2D eigenvalue weighted by Gasteiger charge is -2.29. The number of nitriles is 1. The molecule has 0 saturated carbocycles. The number of azo groups is 1. The second-order valence-corrected chi connectivity index (χ2v) is 11.9. The zero-order valence-electron chi connectivity index (χ0n) is 26.4. The number of ether oxygens (including phenoxy) is 1. The van der Waals surface area contributed by atoms with Gasteiger partial charge >= 0.3 is 0 Å². The second-order valence-electron chi connectivity index (χ2n) is 11.9. The molecule has 1 heterocycles. The Hall–Kier alpha value is -2.91. The Morgan fingerprint density at radius 1 is 0.929 bits per heavy atom. The van der Waals surface area contributed by atoms with E-state index in [1.54, 1.807) is 14.2 Å². The van der Waals surface area contributed by atoms with Crippen LogP contribution >= 0.6 is 0 Å². The fourth-order valence-electron chi connectivity index (χ4n) is 6.12. The number of unbranched alkanes of at least 4 members (excludes halogenated alkanes) is 9. The van der Waals surface area contributed by atoms with Crippen molar-refractivity contribution >= 4 is 0 Å². The molecule has 2 aromatic rings. The van der Waals surface area contributed by atoms with E-state index in [4.69, 9.17) is 14.5 Å². The third kappa shape index (κ3) is 11.1. The van der Waals surface area contributed by atoms with Crippen LogP contribution in [0.3, 0.4) is 0 Å². The summed E-state index contributed by atoms with van der Waals surface area (Å²) >= 11 is 0. The predicted octanol–water partition coefficient (Wildman–Crippen LogP) is 9.89. The van der Waals surface area contributed by atoms with Gasteiger partial charge in [-0.25, -0.2) is 0 Å². The highest BCUT2D eigenvalue weighted by Gasteiger charge is 2.33. The summed E-state index contributed by atoms with van der Waals surface area (Å²) in [7, 11) is 3.45. The van der Waals surface area contributed by atoms with Crippen LogP contribution in [0, 0.1) is 11.3 Å². The highest BCUT2D eigenvalue weighted by Crippen LogP contribution is 2.39. The molecule has 6 heteroatoms. The van der Waals surface area contributed by atoms with Gasteiger partial charge in [0.2, 0.25) is 0 Å². The van der Waals surface area contributed by atoms with Crippen molar-refractivity contribution in [1.82, 2.24) is 0 Å². The van der Waals surface area contributed by atoms with Gasteiger partial charge in [-0.15, -0.1) is 0 Å². The van der Waals surface area contributed by atoms with Gasteiger partial charge in [0.05, 0.1) is 31.2 Å². The van der Waals surface area contributed by atoms with Crippen LogP contribution in [0.1, 0.15) is 120 Å². The summed E-state index contributed by atoms with van der Waals surface area (Å²) in [5.74, 6) is 1.64. The molecule has 1 aliphatic rings. The van der Waals surface area contributed by atoms with E-state index in [9.17, 15) is 5.26 Å². The van der Waals surface area contributed by atoms with E-state index in [-0.39, 0.29) is 6.04 Å². The van der Waals surface area contributed by atoms with Crippen LogP contribution < -0.4 is 9.62 Å². The molecule has 6 nitrogen and oxygen atoms in total. The van der Waals surface area contributed by atoms with Crippen molar-refractivity contribution in [3.8, 4) is 17.6 Å². The first-order valence-corrected chi connectivity index (χ1v) is 16.4. The monoisotopic (exact) mass is 575 g/mol. The molecule has 2 unspecified atom stereocenters. The SMILES string of the molecule is CCCCCCCCCCCCC(C#N)(CCCC(CCc1cccc(OC)c1)N=NC)c1ccc2c(c1)OOCC2. The molecule has 0 radical (unpaired) electrons. The molecule has 0 bridgehead atoms. The number of hydrogen-bond donors (Lipinski definition) is 0. The third-order valence-electron chi connectivity index (χ3n) is 8.71. The number of aryl methyl sites for hydroxylation is 1. The first kappa shape index (κ1) is 33.6. The first-order valence-electron chi connectivity index (χ1n) is 16.4. The molecule has 0 aromatic heterocycles. The lowest BCUT2D eigenvalue weighted by atomic mass is 9.73. The van der Waals surface area contributed by atoms with Crippen molar-refractivity contribution in [1.29, 1.82) is 5.26 Å². The molecule has 0 saturated heterocycles. The van der Waals surface area contributed by atoms with Gasteiger partial charge in [-0.05, 0) is 67.9 Å². The number of rotatable bonds is 21. The number of fused-ring (bicyclic) bond motifs is 1.